The van der Waals surface area contributed by atoms with Gasteiger partial charge in [-0.3, -0.25) is 4.79 Å². The van der Waals surface area contributed by atoms with E-state index in [2.05, 4.69) is 20.3 Å². The first-order valence-corrected chi connectivity index (χ1v) is 6.03. The van der Waals surface area contributed by atoms with Gasteiger partial charge in [0, 0.05) is 6.08 Å². The van der Waals surface area contributed by atoms with E-state index >= 15 is 0 Å². The molecule has 1 fully saturated rings. The lowest BCUT2D eigenvalue weighted by Crippen LogP contribution is -2.18. The molecule has 1 saturated heterocycles. The van der Waals surface area contributed by atoms with Crippen molar-refractivity contribution in [3.8, 4) is 0 Å². The van der Waals surface area contributed by atoms with Crippen LogP contribution in [-0.4, -0.2) is 25.2 Å². The number of carbonyl (C=O) groups is 1. The first kappa shape index (κ1) is 13.9. The number of aryl methyl sites for hydroxylation is 1. The van der Waals surface area contributed by atoms with Gasteiger partial charge in [0.15, 0.2) is 5.82 Å². The number of amides is 1. The Balaban J connectivity index is 2.41. The molecule has 0 atom stereocenters. The summed E-state index contributed by atoms with van der Waals surface area (Å²) < 4.78 is 37.8. The van der Waals surface area contributed by atoms with Crippen LogP contribution in [0.5, 0.6) is 0 Å². The molecule has 0 aromatic carbocycles. The second-order valence-corrected chi connectivity index (χ2v) is 5.13. The average molecular weight is 306 g/mol. The van der Waals surface area contributed by atoms with E-state index in [1.54, 1.807) is 0 Å². The molecule has 5 nitrogen and oxygen atoms in total. The summed E-state index contributed by atoms with van der Waals surface area (Å²) in [5.74, 6) is -2.10. The van der Waals surface area contributed by atoms with E-state index in [0.717, 1.165) is 17.8 Å². The third-order valence-corrected chi connectivity index (χ3v) is 3.08. The molecule has 2 heterocycles. The summed E-state index contributed by atoms with van der Waals surface area (Å²) in [6.45, 7) is 1.31. The molecule has 1 aromatic heterocycles. The number of thioether (sulfide) groups is 1. The fourth-order valence-electron chi connectivity index (χ4n) is 1.23. The quantitative estimate of drug-likeness (QED) is 0.629. The average Bonchev–Trinajstić information content (AvgIpc) is 2.55. The number of nitrogens with one attached hydrogen (secondary N) is 1. The van der Waals surface area contributed by atoms with E-state index in [9.17, 15) is 18.0 Å². The summed E-state index contributed by atoms with van der Waals surface area (Å²) in [7, 11) is 0. The van der Waals surface area contributed by atoms with Crippen LogP contribution in [0, 0.1) is 6.92 Å². The summed E-state index contributed by atoms with van der Waals surface area (Å²) in [4.78, 5) is 21.7. The largest absolute Gasteiger partial charge is 0.451 e. The molecule has 2 rings (SSSR count). The molecule has 1 N–H and O–H groups in total. The maximum Gasteiger partial charge on any atom is 0.451 e. The Morgan fingerprint density at radius 2 is 2.00 bits per heavy atom. The van der Waals surface area contributed by atoms with Crippen molar-refractivity contribution < 1.29 is 18.0 Å². The van der Waals surface area contributed by atoms with Crippen LogP contribution in [0.2, 0.25) is 0 Å². The zero-order chi connectivity index (χ0) is 14.2. The SMILES string of the molecule is Cc1nc(/C=C2\SC(=S)NC2=O)nc(C(F)(F)F)n1. The predicted octanol–water partition coefficient (Wildman–Crippen LogP) is 1.69. The molecule has 0 radical (unpaired) electrons. The minimum absolute atomic E-state index is 0.0832. The van der Waals surface area contributed by atoms with Crippen LogP contribution >= 0.6 is 24.0 Å². The van der Waals surface area contributed by atoms with Gasteiger partial charge in [0.1, 0.15) is 10.1 Å². The van der Waals surface area contributed by atoms with Crippen molar-refractivity contribution >= 4 is 40.3 Å². The van der Waals surface area contributed by atoms with Crippen molar-refractivity contribution in [2.24, 2.45) is 0 Å². The molecule has 0 unspecified atom stereocenters. The van der Waals surface area contributed by atoms with Crippen LogP contribution < -0.4 is 5.32 Å². The molecule has 0 aliphatic carbocycles. The van der Waals surface area contributed by atoms with Gasteiger partial charge in [0.25, 0.3) is 5.91 Å². The smallest absolute Gasteiger partial charge is 0.307 e. The summed E-state index contributed by atoms with van der Waals surface area (Å²) in [6, 6.07) is 0. The van der Waals surface area contributed by atoms with Gasteiger partial charge in [-0.25, -0.2) is 15.0 Å². The van der Waals surface area contributed by atoms with Gasteiger partial charge in [-0.15, -0.1) is 0 Å². The molecule has 10 heteroatoms. The number of rotatable bonds is 1. The van der Waals surface area contributed by atoms with Crippen LogP contribution in [0.3, 0.4) is 0 Å². The monoisotopic (exact) mass is 306 g/mol. The number of thiocarbonyl (C=S) groups is 1. The number of hydrogen-bond acceptors (Lipinski definition) is 6. The maximum atomic E-state index is 12.5. The number of carbonyl (C=O) groups excluding carboxylic acids is 1. The van der Waals surface area contributed by atoms with E-state index in [4.69, 9.17) is 12.2 Å². The molecule has 0 spiro atoms. The topological polar surface area (TPSA) is 67.8 Å². The van der Waals surface area contributed by atoms with E-state index in [-0.39, 0.29) is 20.9 Å². The first-order valence-electron chi connectivity index (χ1n) is 4.80. The lowest BCUT2D eigenvalue weighted by molar-refractivity contribution is -0.145. The van der Waals surface area contributed by atoms with Crippen molar-refractivity contribution in [3.63, 3.8) is 0 Å². The third-order valence-electron chi connectivity index (χ3n) is 1.92. The Morgan fingerprint density at radius 1 is 1.32 bits per heavy atom. The maximum absolute atomic E-state index is 12.5. The Morgan fingerprint density at radius 3 is 2.53 bits per heavy atom. The lowest BCUT2D eigenvalue weighted by atomic mass is 10.4. The Bertz CT molecular complexity index is 600. The molecular formula is C9H5F3N4OS2. The van der Waals surface area contributed by atoms with Crippen LogP contribution in [0.15, 0.2) is 4.91 Å². The summed E-state index contributed by atoms with van der Waals surface area (Å²) in [5.41, 5.74) is 0. The highest BCUT2D eigenvalue weighted by Gasteiger charge is 2.35. The molecule has 1 amide bonds. The summed E-state index contributed by atoms with van der Waals surface area (Å²) in [5, 5.41) is 2.34. The van der Waals surface area contributed by atoms with Crippen molar-refractivity contribution in [2.75, 3.05) is 0 Å². The molecular weight excluding hydrogens is 301 g/mol. The number of hydrogen-bond donors (Lipinski definition) is 1. The zero-order valence-electron chi connectivity index (χ0n) is 9.28. The van der Waals surface area contributed by atoms with E-state index in [0.29, 0.717) is 0 Å². The van der Waals surface area contributed by atoms with Crippen molar-refractivity contribution in [3.05, 3.63) is 22.4 Å². The highest BCUT2D eigenvalue weighted by molar-refractivity contribution is 8.26. The van der Waals surface area contributed by atoms with Crippen LogP contribution in [0.25, 0.3) is 6.08 Å². The molecule has 1 aliphatic rings. The van der Waals surface area contributed by atoms with Gasteiger partial charge >= 0.3 is 6.18 Å². The molecule has 100 valence electrons. The van der Waals surface area contributed by atoms with Crippen LogP contribution in [0.4, 0.5) is 13.2 Å². The van der Waals surface area contributed by atoms with Gasteiger partial charge in [-0.1, -0.05) is 24.0 Å². The van der Waals surface area contributed by atoms with Gasteiger partial charge in [0.2, 0.25) is 5.82 Å². The van der Waals surface area contributed by atoms with Gasteiger partial charge in [0.05, 0.1) is 4.91 Å². The number of aromatic nitrogens is 3. The van der Waals surface area contributed by atoms with Gasteiger partial charge in [-0.05, 0) is 6.92 Å². The highest BCUT2D eigenvalue weighted by Crippen LogP contribution is 2.28. The summed E-state index contributed by atoms with van der Waals surface area (Å²) >= 11 is 5.70. The number of halogens is 3. The van der Waals surface area contributed by atoms with E-state index in [1.807, 2.05) is 0 Å². The normalized spacial score (nSPS) is 18.0. The molecule has 0 saturated carbocycles. The van der Waals surface area contributed by atoms with Crippen molar-refractivity contribution in [1.29, 1.82) is 0 Å². The molecule has 1 aromatic rings. The first-order chi connectivity index (χ1) is 8.75. The standard InChI is InChI=1S/C9H5F3N4OS2/c1-3-13-5(15-7(14-3)9(10,11)12)2-4-6(17)16-8(18)19-4/h2H,1H3,(H,16,17,18)/b4-2-. The second-order valence-electron chi connectivity index (χ2n) is 3.41. The fourth-order valence-corrected chi connectivity index (χ4v) is 2.25. The van der Waals surface area contributed by atoms with Gasteiger partial charge < -0.3 is 5.32 Å². The number of nitrogens with zero attached hydrogens (tertiary/aromatic N) is 3. The number of alkyl halides is 3. The fraction of sp³-hybridized carbons (Fsp3) is 0.222. The predicted molar refractivity (Wildman–Crippen MR) is 65.9 cm³/mol. The van der Waals surface area contributed by atoms with Gasteiger partial charge in [-0.2, -0.15) is 13.2 Å². The van der Waals surface area contributed by atoms with E-state index in [1.165, 1.54) is 6.92 Å². The minimum Gasteiger partial charge on any atom is -0.307 e. The second kappa shape index (κ2) is 4.85. The van der Waals surface area contributed by atoms with E-state index < -0.39 is 17.9 Å². The molecule has 0 bridgehead atoms. The third kappa shape index (κ3) is 3.26. The van der Waals surface area contributed by atoms with Crippen molar-refractivity contribution in [1.82, 2.24) is 20.3 Å². The van der Waals surface area contributed by atoms with Crippen LogP contribution in [-0.2, 0) is 11.0 Å². The lowest BCUT2D eigenvalue weighted by Gasteiger charge is -2.05. The van der Waals surface area contributed by atoms with Crippen molar-refractivity contribution in [2.45, 2.75) is 13.1 Å². The van der Waals surface area contributed by atoms with Crippen LogP contribution in [0.1, 0.15) is 17.5 Å². The summed E-state index contributed by atoms with van der Waals surface area (Å²) in [6.07, 6.45) is -3.52. The Labute approximate surface area is 114 Å². The molecule has 1 aliphatic heterocycles. The zero-order valence-corrected chi connectivity index (χ0v) is 10.9. The Kier molecular flexibility index (Phi) is 3.54. The minimum atomic E-state index is -4.67. The molecule has 19 heavy (non-hydrogen) atoms. The highest BCUT2D eigenvalue weighted by atomic mass is 32.2. The Hall–Kier alpha value is -1.55.